The van der Waals surface area contributed by atoms with E-state index in [1.807, 2.05) is 19.9 Å². The van der Waals surface area contributed by atoms with Crippen LogP contribution in [0.1, 0.15) is 42.4 Å². The molecule has 1 fully saturated rings. The molecule has 1 aliphatic heterocycles. The van der Waals surface area contributed by atoms with E-state index < -0.39 is 10.0 Å². The van der Waals surface area contributed by atoms with Crippen LogP contribution in [-0.4, -0.2) is 14.3 Å². The number of benzene rings is 2. The van der Waals surface area contributed by atoms with Gasteiger partial charge in [0, 0.05) is 22.5 Å². The van der Waals surface area contributed by atoms with E-state index in [2.05, 4.69) is 10.0 Å². The molecule has 0 saturated heterocycles. The van der Waals surface area contributed by atoms with Crippen molar-refractivity contribution in [2.24, 2.45) is 0 Å². The zero-order valence-electron chi connectivity index (χ0n) is 15.4. The highest BCUT2D eigenvalue weighted by Crippen LogP contribution is 2.40. The Balaban J connectivity index is 1.73. The summed E-state index contributed by atoms with van der Waals surface area (Å²) in [5, 5.41) is 2.86. The number of amides is 1. The fourth-order valence-corrected chi connectivity index (χ4v) is 5.03. The van der Waals surface area contributed by atoms with E-state index >= 15 is 0 Å². The average Bonchev–Trinajstić information content (AvgIpc) is 3.18. The molecular weight excluding hydrogens is 360 g/mol. The molecule has 140 valence electrons. The van der Waals surface area contributed by atoms with E-state index in [0.29, 0.717) is 22.5 Å². The van der Waals surface area contributed by atoms with Gasteiger partial charge in [0.2, 0.25) is 0 Å². The number of aryl methyl sites for hydroxylation is 2. The topological polar surface area (TPSA) is 75.3 Å². The van der Waals surface area contributed by atoms with Crippen molar-refractivity contribution in [2.75, 3.05) is 10.0 Å². The van der Waals surface area contributed by atoms with Gasteiger partial charge in [0.1, 0.15) is 0 Å². The van der Waals surface area contributed by atoms with Crippen molar-refractivity contribution in [3.8, 4) is 0 Å². The third kappa shape index (κ3) is 3.37. The molecule has 1 saturated carbocycles. The van der Waals surface area contributed by atoms with Crippen molar-refractivity contribution >= 4 is 32.9 Å². The van der Waals surface area contributed by atoms with E-state index in [1.54, 1.807) is 24.3 Å². The molecule has 0 atom stereocenters. The number of hydrogen-bond acceptors (Lipinski definition) is 3. The minimum Gasteiger partial charge on any atom is -0.321 e. The fraction of sp³-hybridized carbons (Fsp3) is 0.286. The van der Waals surface area contributed by atoms with Gasteiger partial charge in [-0.15, -0.1) is 0 Å². The first-order valence-corrected chi connectivity index (χ1v) is 10.6. The molecule has 2 aromatic rings. The molecule has 27 heavy (non-hydrogen) atoms. The lowest BCUT2D eigenvalue weighted by atomic mass is 10.00. The zero-order valence-corrected chi connectivity index (χ0v) is 16.2. The monoisotopic (exact) mass is 382 g/mol. The number of carbonyl (C=O) groups is 1. The van der Waals surface area contributed by atoms with Gasteiger partial charge in [-0.1, -0.05) is 11.6 Å². The molecule has 5 nitrogen and oxygen atoms in total. The molecule has 2 aromatic carbocycles. The van der Waals surface area contributed by atoms with Crippen LogP contribution in [0.5, 0.6) is 0 Å². The maximum atomic E-state index is 12.9. The lowest BCUT2D eigenvalue weighted by molar-refractivity contribution is -0.110. The Kier molecular flexibility index (Phi) is 4.30. The molecule has 1 amide bonds. The van der Waals surface area contributed by atoms with Crippen molar-refractivity contribution in [2.45, 2.75) is 44.4 Å². The molecule has 0 radical (unpaired) electrons. The number of fused-ring (bicyclic) bond motifs is 1. The molecule has 1 heterocycles. The number of hydrogen-bond donors (Lipinski definition) is 2. The van der Waals surface area contributed by atoms with Crippen LogP contribution in [0.3, 0.4) is 0 Å². The van der Waals surface area contributed by atoms with Gasteiger partial charge in [0.15, 0.2) is 0 Å². The third-order valence-electron chi connectivity index (χ3n) is 5.08. The minimum atomic E-state index is -3.74. The summed E-state index contributed by atoms with van der Waals surface area (Å²) in [5.74, 6) is -0.126. The molecule has 0 spiro atoms. The van der Waals surface area contributed by atoms with Gasteiger partial charge >= 0.3 is 0 Å². The van der Waals surface area contributed by atoms with Gasteiger partial charge in [-0.25, -0.2) is 8.42 Å². The first-order chi connectivity index (χ1) is 12.8. The summed E-state index contributed by atoms with van der Waals surface area (Å²) in [7, 11) is -3.74. The zero-order chi connectivity index (χ0) is 19.2. The summed E-state index contributed by atoms with van der Waals surface area (Å²) >= 11 is 0. The standard InChI is InChI=1S/C21H22N2O3S/c1-13-9-14(2)11-16(10-13)23-27(25,26)17-7-8-19-18(12-17)20(21(24)22-19)15-5-3-4-6-15/h7-12,23H,3-6H2,1-2H3,(H,22,24). The number of allylic oxidation sites excluding steroid dienone is 1. The second-order valence-electron chi connectivity index (χ2n) is 7.33. The van der Waals surface area contributed by atoms with Gasteiger partial charge in [-0.05, 0) is 81.0 Å². The summed E-state index contributed by atoms with van der Waals surface area (Å²) < 4.78 is 28.5. The predicted octanol–water partition coefficient (Wildman–Crippen LogP) is 4.38. The molecule has 0 bridgehead atoms. The Morgan fingerprint density at radius 2 is 1.63 bits per heavy atom. The van der Waals surface area contributed by atoms with Crippen molar-refractivity contribution < 1.29 is 13.2 Å². The van der Waals surface area contributed by atoms with Crippen molar-refractivity contribution in [1.82, 2.24) is 0 Å². The molecule has 2 aliphatic rings. The SMILES string of the molecule is Cc1cc(C)cc(NS(=O)(=O)c2ccc3c(c2)C(=C2CCCC2)C(=O)N3)c1. The maximum Gasteiger partial charge on any atom is 0.261 e. The van der Waals surface area contributed by atoms with Gasteiger partial charge in [0.05, 0.1) is 4.90 Å². The fourth-order valence-electron chi connectivity index (χ4n) is 3.96. The molecule has 1 aliphatic carbocycles. The predicted molar refractivity (Wildman–Crippen MR) is 107 cm³/mol. The van der Waals surface area contributed by atoms with E-state index in [9.17, 15) is 13.2 Å². The first kappa shape index (κ1) is 17.8. The highest BCUT2D eigenvalue weighted by molar-refractivity contribution is 7.92. The maximum absolute atomic E-state index is 12.9. The number of rotatable bonds is 3. The molecular formula is C21H22N2O3S. The van der Waals surface area contributed by atoms with Crippen LogP contribution in [-0.2, 0) is 14.8 Å². The molecule has 0 unspecified atom stereocenters. The van der Waals surface area contributed by atoms with Crippen LogP contribution in [0.25, 0.3) is 5.57 Å². The van der Waals surface area contributed by atoms with Crippen molar-refractivity contribution in [3.63, 3.8) is 0 Å². The summed E-state index contributed by atoms with van der Waals surface area (Å²) in [4.78, 5) is 12.6. The van der Waals surface area contributed by atoms with Gasteiger partial charge in [-0.2, -0.15) is 0 Å². The highest BCUT2D eigenvalue weighted by Gasteiger charge is 2.30. The Hall–Kier alpha value is -2.60. The Morgan fingerprint density at radius 1 is 0.963 bits per heavy atom. The van der Waals surface area contributed by atoms with Crippen LogP contribution in [0, 0.1) is 13.8 Å². The number of nitrogens with one attached hydrogen (secondary N) is 2. The minimum absolute atomic E-state index is 0.126. The van der Waals surface area contributed by atoms with Crippen LogP contribution >= 0.6 is 0 Å². The highest BCUT2D eigenvalue weighted by atomic mass is 32.2. The van der Waals surface area contributed by atoms with Crippen LogP contribution in [0.2, 0.25) is 0 Å². The van der Waals surface area contributed by atoms with Crippen LogP contribution in [0.15, 0.2) is 46.9 Å². The average molecular weight is 382 g/mol. The van der Waals surface area contributed by atoms with E-state index in [-0.39, 0.29) is 10.8 Å². The van der Waals surface area contributed by atoms with Crippen molar-refractivity contribution in [1.29, 1.82) is 0 Å². The van der Waals surface area contributed by atoms with Crippen molar-refractivity contribution in [3.05, 3.63) is 58.7 Å². The molecule has 2 N–H and O–H groups in total. The second-order valence-corrected chi connectivity index (χ2v) is 9.01. The summed E-state index contributed by atoms with van der Waals surface area (Å²) in [5.41, 5.74) is 5.68. The number of sulfonamides is 1. The Bertz CT molecular complexity index is 1060. The molecule has 6 heteroatoms. The third-order valence-corrected chi connectivity index (χ3v) is 6.46. The van der Waals surface area contributed by atoms with Gasteiger partial charge in [-0.3, -0.25) is 9.52 Å². The smallest absolute Gasteiger partial charge is 0.261 e. The summed E-state index contributed by atoms with van der Waals surface area (Å²) in [6.07, 6.45) is 3.96. The van der Waals surface area contributed by atoms with E-state index in [0.717, 1.165) is 42.4 Å². The number of carbonyl (C=O) groups excluding carboxylic acids is 1. The second kappa shape index (κ2) is 6.53. The Labute approximate surface area is 159 Å². The quantitative estimate of drug-likeness (QED) is 0.774. The lowest BCUT2D eigenvalue weighted by Crippen LogP contribution is -2.13. The van der Waals surface area contributed by atoms with Gasteiger partial charge < -0.3 is 5.32 Å². The molecule has 0 aromatic heterocycles. The normalized spacial score (nSPS) is 16.4. The molecule has 4 rings (SSSR count). The van der Waals surface area contributed by atoms with E-state index in [1.165, 1.54) is 6.07 Å². The number of anilines is 2. The van der Waals surface area contributed by atoms with Crippen LogP contribution < -0.4 is 10.0 Å². The Morgan fingerprint density at radius 3 is 2.30 bits per heavy atom. The van der Waals surface area contributed by atoms with E-state index in [4.69, 9.17) is 0 Å². The van der Waals surface area contributed by atoms with Crippen LogP contribution in [0.4, 0.5) is 11.4 Å². The summed E-state index contributed by atoms with van der Waals surface area (Å²) in [6.45, 7) is 3.86. The largest absolute Gasteiger partial charge is 0.321 e. The summed E-state index contributed by atoms with van der Waals surface area (Å²) in [6, 6.07) is 10.4. The van der Waals surface area contributed by atoms with Gasteiger partial charge in [0.25, 0.3) is 15.9 Å². The first-order valence-electron chi connectivity index (χ1n) is 9.12. The lowest BCUT2D eigenvalue weighted by Gasteiger charge is -2.11.